The van der Waals surface area contributed by atoms with Gasteiger partial charge in [0, 0.05) is 16.8 Å². The molecule has 0 radical (unpaired) electrons. The number of hydrogen-bond acceptors (Lipinski definition) is 3. The Kier molecular flexibility index (Phi) is 5.13. The zero-order valence-electron chi connectivity index (χ0n) is 11.2. The third-order valence-electron chi connectivity index (χ3n) is 3.40. The summed E-state index contributed by atoms with van der Waals surface area (Å²) in [5.74, 6) is 1.13. The minimum atomic E-state index is -0.0525. The highest BCUT2D eigenvalue weighted by Crippen LogP contribution is 2.28. The molecule has 1 heterocycles. The summed E-state index contributed by atoms with van der Waals surface area (Å²) in [6.07, 6.45) is 2.99. The van der Waals surface area contributed by atoms with Gasteiger partial charge in [0.1, 0.15) is 6.17 Å². The number of amides is 1. The van der Waals surface area contributed by atoms with E-state index in [1.54, 1.807) is 11.8 Å². The van der Waals surface area contributed by atoms with E-state index in [9.17, 15) is 4.79 Å². The lowest BCUT2D eigenvalue weighted by Crippen LogP contribution is -2.40. The van der Waals surface area contributed by atoms with Gasteiger partial charge in [-0.1, -0.05) is 30.7 Å². The second kappa shape index (κ2) is 6.64. The standard InChI is InChI=1S/C14H19ClN2OS/c1-3-12(9-19-2)17-13(18)8-16-14(17)10-5-4-6-11(15)7-10/h4-7,12,14,16H,3,8-9H2,1-2H3. The minimum absolute atomic E-state index is 0.0525. The smallest absolute Gasteiger partial charge is 0.238 e. The summed E-state index contributed by atoms with van der Waals surface area (Å²) in [6.45, 7) is 2.53. The van der Waals surface area contributed by atoms with Gasteiger partial charge >= 0.3 is 0 Å². The number of carbonyl (C=O) groups is 1. The first-order valence-corrected chi connectivity index (χ1v) is 8.23. The number of halogens is 1. The van der Waals surface area contributed by atoms with Gasteiger partial charge in [-0.15, -0.1) is 0 Å². The highest BCUT2D eigenvalue weighted by molar-refractivity contribution is 7.98. The van der Waals surface area contributed by atoms with Gasteiger partial charge < -0.3 is 4.90 Å². The molecule has 104 valence electrons. The summed E-state index contributed by atoms with van der Waals surface area (Å²) in [6, 6.07) is 7.99. The van der Waals surface area contributed by atoms with Crippen molar-refractivity contribution in [2.45, 2.75) is 25.6 Å². The van der Waals surface area contributed by atoms with Crippen LogP contribution in [-0.2, 0) is 4.79 Å². The Hall–Kier alpha value is -0.710. The predicted octanol–water partition coefficient (Wildman–Crippen LogP) is 2.91. The minimum Gasteiger partial charge on any atom is -0.318 e. The van der Waals surface area contributed by atoms with E-state index in [1.807, 2.05) is 29.2 Å². The van der Waals surface area contributed by atoms with Crippen LogP contribution >= 0.6 is 23.4 Å². The third-order valence-corrected chi connectivity index (χ3v) is 4.35. The van der Waals surface area contributed by atoms with Crippen molar-refractivity contribution < 1.29 is 4.79 Å². The van der Waals surface area contributed by atoms with Gasteiger partial charge in [-0.25, -0.2) is 0 Å². The molecule has 1 aromatic carbocycles. The summed E-state index contributed by atoms with van der Waals surface area (Å²) < 4.78 is 0. The van der Waals surface area contributed by atoms with Crippen LogP contribution in [0.15, 0.2) is 24.3 Å². The molecule has 1 aliphatic rings. The van der Waals surface area contributed by atoms with Crippen LogP contribution in [0.25, 0.3) is 0 Å². The maximum atomic E-state index is 12.1. The van der Waals surface area contributed by atoms with Crippen LogP contribution in [0.5, 0.6) is 0 Å². The van der Waals surface area contributed by atoms with Gasteiger partial charge in [0.05, 0.1) is 6.54 Å². The van der Waals surface area contributed by atoms with Crippen molar-refractivity contribution in [3.05, 3.63) is 34.9 Å². The van der Waals surface area contributed by atoms with Gasteiger partial charge in [-0.05, 0) is 30.4 Å². The molecule has 19 heavy (non-hydrogen) atoms. The van der Waals surface area contributed by atoms with Crippen LogP contribution in [-0.4, -0.2) is 35.4 Å². The zero-order valence-corrected chi connectivity index (χ0v) is 12.8. The molecule has 0 saturated carbocycles. The van der Waals surface area contributed by atoms with Crippen molar-refractivity contribution in [1.82, 2.24) is 10.2 Å². The second-order valence-corrected chi connectivity index (χ2v) is 6.00. The van der Waals surface area contributed by atoms with E-state index in [-0.39, 0.29) is 18.1 Å². The fourth-order valence-corrected chi connectivity index (χ4v) is 3.45. The van der Waals surface area contributed by atoms with Crippen molar-refractivity contribution >= 4 is 29.3 Å². The average molecular weight is 299 g/mol. The van der Waals surface area contributed by atoms with Crippen LogP contribution in [0.1, 0.15) is 25.1 Å². The first-order chi connectivity index (χ1) is 9.17. The summed E-state index contributed by atoms with van der Waals surface area (Å²) in [7, 11) is 0. The number of thioether (sulfide) groups is 1. The number of hydrogen-bond donors (Lipinski definition) is 1. The summed E-state index contributed by atoms with van der Waals surface area (Å²) in [5.41, 5.74) is 1.05. The molecule has 1 aliphatic heterocycles. The van der Waals surface area contributed by atoms with Crippen LogP contribution in [0.2, 0.25) is 5.02 Å². The van der Waals surface area contributed by atoms with E-state index in [4.69, 9.17) is 11.6 Å². The van der Waals surface area contributed by atoms with E-state index in [0.29, 0.717) is 11.6 Å². The fraction of sp³-hybridized carbons (Fsp3) is 0.500. The summed E-state index contributed by atoms with van der Waals surface area (Å²) in [4.78, 5) is 14.1. The normalized spacial score (nSPS) is 20.9. The van der Waals surface area contributed by atoms with Gasteiger partial charge in [0.2, 0.25) is 5.91 Å². The molecule has 0 aromatic heterocycles. The van der Waals surface area contributed by atoms with Gasteiger partial charge in [-0.2, -0.15) is 11.8 Å². The molecule has 1 aromatic rings. The fourth-order valence-electron chi connectivity index (χ4n) is 2.47. The Labute approximate surface area is 123 Å². The Morgan fingerprint density at radius 3 is 3.00 bits per heavy atom. The van der Waals surface area contributed by atoms with Gasteiger partial charge in [0.15, 0.2) is 0 Å². The van der Waals surface area contributed by atoms with Crippen molar-refractivity contribution in [2.75, 3.05) is 18.6 Å². The van der Waals surface area contributed by atoms with Gasteiger partial charge in [-0.3, -0.25) is 10.1 Å². The maximum Gasteiger partial charge on any atom is 0.238 e. The average Bonchev–Trinajstić information content (AvgIpc) is 2.78. The zero-order chi connectivity index (χ0) is 13.8. The number of benzene rings is 1. The molecule has 2 rings (SSSR count). The molecule has 0 aliphatic carbocycles. The Bertz CT molecular complexity index is 455. The van der Waals surface area contributed by atoms with Gasteiger partial charge in [0.25, 0.3) is 0 Å². The van der Waals surface area contributed by atoms with Crippen molar-refractivity contribution in [3.8, 4) is 0 Å². The lowest BCUT2D eigenvalue weighted by Gasteiger charge is -2.32. The molecule has 0 bridgehead atoms. The number of nitrogens with one attached hydrogen (secondary N) is 1. The van der Waals surface area contributed by atoms with E-state index >= 15 is 0 Å². The molecular formula is C14H19ClN2OS. The SMILES string of the molecule is CCC(CSC)N1C(=O)CNC1c1cccc(Cl)c1. The van der Waals surface area contributed by atoms with Crippen LogP contribution in [0.4, 0.5) is 0 Å². The quantitative estimate of drug-likeness (QED) is 0.907. The summed E-state index contributed by atoms with van der Waals surface area (Å²) >= 11 is 7.82. The second-order valence-electron chi connectivity index (χ2n) is 4.66. The Morgan fingerprint density at radius 2 is 2.37 bits per heavy atom. The molecule has 2 atom stereocenters. The maximum absolute atomic E-state index is 12.1. The van der Waals surface area contributed by atoms with Crippen molar-refractivity contribution in [1.29, 1.82) is 0 Å². The van der Waals surface area contributed by atoms with E-state index < -0.39 is 0 Å². The largest absolute Gasteiger partial charge is 0.318 e. The van der Waals surface area contributed by atoms with Crippen molar-refractivity contribution in [2.24, 2.45) is 0 Å². The number of nitrogens with zero attached hydrogens (tertiary/aromatic N) is 1. The highest BCUT2D eigenvalue weighted by Gasteiger charge is 2.35. The van der Waals surface area contributed by atoms with Crippen LogP contribution in [0.3, 0.4) is 0 Å². The summed E-state index contributed by atoms with van der Waals surface area (Å²) in [5, 5.41) is 3.99. The first-order valence-electron chi connectivity index (χ1n) is 6.46. The number of carbonyl (C=O) groups excluding carboxylic acids is 1. The molecule has 1 fully saturated rings. The molecular weight excluding hydrogens is 280 g/mol. The molecule has 2 unspecified atom stereocenters. The van der Waals surface area contributed by atoms with E-state index in [2.05, 4.69) is 18.5 Å². The number of rotatable bonds is 5. The first kappa shape index (κ1) is 14.7. The van der Waals surface area contributed by atoms with Crippen LogP contribution < -0.4 is 5.32 Å². The van der Waals surface area contributed by atoms with Crippen LogP contribution in [0, 0.1) is 0 Å². The monoisotopic (exact) mass is 298 g/mol. The predicted molar refractivity (Wildman–Crippen MR) is 81.5 cm³/mol. The Morgan fingerprint density at radius 1 is 1.58 bits per heavy atom. The van der Waals surface area contributed by atoms with Crippen molar-refractivity contribution in [3.63, 3.8) is 0 Å². The molecule has 1 saturated heterocycles. The lowest BCUT2D eigenvalue weighted by atomic mass is 10.1. The van der Waals surface area contributed by atoms with E-state index in [0.717, 1.165) is 17.7 Å². The molecule has 1 amide bonds. The molecule has 0 spiro atoms. The molecule has 3 nitrogen and oxygen atoms in total. The third kappa shape index (κ3) is 3.25. The molecule has 1 N–H and O–H groups in total. The Balaban J connectivity index is 2.26. The molecule has 5 heteroatoms. The lowest BCUT2D eigenvalue weighted by molar-refractivity contribution is -0.130. The highest BCUT2D eigenvalue weighted by atomic mass is 35.5. The van der Waals surface area contributed by atoms with E-state index in [1.165, 1.54) is 0 Å². The topological polar surface area (TPSA) is 32.3 Å².